The van der Waals surface area contributed by atoms with Gasteiger partial charge in [0.2, 0.25) is 0 Å². The van der Waals surface area contributed by atoms with Gasteiger partial charge in [0, 0.05) is 26.2 Å². The van der Waals surface area contributed by atoms with E-state index in [0.717, 1.165) is 0 Å². The zero-order valence-electron chi connectivity index (χ0n) is 11.6. The largest absolute Gasteiger partial charge is 0.481 e. The fraction of sp³-hybridized carbons (Fsp3) is 0.833. The summed E-state index contributed by atoms with van der Waals surface area (Å²) < 4.78 is 4.94. The van der Waals surface area contributed by atoms with Crippen LogP contribution in [0, 0.1) is 5.92 Å². The van der Waals surface area contributed by atoms with Gasteiger partial charge < -0.3 is 20.1 Å². The Labute approximate surface area is 108 Å². The van der Waals surface area contributed by atoms with E-state index >= 15 is 0 Å². The van der Waals surface area contributed by atoms with Crippen LogP contribution in [0.2, 0.25) is 0 Å². The van der Waals surface area contributed by atoms with Crippen molar-refractivity contribution in [3.05, 3.63) is 0 Å². The molecule has 0 aromatic rings. The predicted octanol–water partition coefficient (Wildman–Crippen LogP) is 1.16. The standard InChI is InChI=1S/C12H24N2O4/c1-5-10(11(15)16)8-13-12(17)14(9(2)3)6-7-18-4/h9-10H,5-8H2,1-4H3,(H,13,17)(H,15,16). The third-order valence-electron chi connectivity index (χ3n) is 2.76. The second kappa shape index (κ2) is 8.74. The van der Waals surface area contributed by atoms with Crippen molar-refractivity contribution in [2.24, 2.45) is 5.92 Å². The molecule has 106 valence electrons. The fourth-order valence-corrected chi connectivity index (χ4v) is 1.50. The fourth-order valence-electron chi connectivity index (χ4n) is 1.50. The first-order valence-electron chi connectivity index (χ1n) is 6.20. The van der Waals surface area contributed by atoms with E-state index in [1.807, 2.05) is 13.8 Å². The van der Waals surface area contributed by atoms with Crippen LogP contribution < -0.4 is 5.32 Å². The number of ether oxygens (including phenoxy) is 1. The molecule has 0 heterocycles. The summed E-state index contributed by atoms with van der Waals surface area (Å²) in [7, 11) is 1.58. The highest BCUT2D eigenvalue weighted by Crippen LogP contribution is 2.03. The van der Waals surface area contributed by atoms with Crippen molar-refractivity contribution in [2.75, 3.05) is 26.8 Å². The van der Waals surface area contributed by atoms with Crippen LogP contribution >= 0.6 is 0 Å². The molecule has 1 unspecified atom stereocenters. The lowest BCUT2D eigenvalue weighted by molar-refractivity contribution is -0.141. The Kier molecular flexibility index (Phi) is 8.11. The van der Waals surface area contributed by atoms with Gasteiger partial charge in [0.1, 0.15) is 0 Å². The maximum atomic E-state index is 11.9. The predicted molar refractivity (Wildman–Crippen MR) is 68.5 cm³/mol. The second-order valence-electron chi connectivity index (χ2n) is 4.41. The van der Waals surface area contributed by atoms with Crippen molar-refractivity contribution in [1.29, 1.82) is 0 Å². The van der Waals surface area contributed by atoms with E-state index in [9.17, 15) is 9.59 Å². The molecular weight excluding hydrogens is 236 g/mol. The second-order valence-corrected chi connectivity index (χ2v) is 4.41. The summed E-state index contributed by atoms with van der Waals surface area (Å²) >= 11 is 0. The Morgan fingerprint density at radius 2 is 2.00 bits per heavy atom. The number of carbonyl (C=O) groups is 2. The molecule has 6 heteroatoms. The monoisotopic (exact) mass is 260 g/mol. The van der Waals surface area contributed by atoms with Crippen LogP contribution in [0.5, 0.6) is 0 Å². The van der Waals surface area contributed by atoms with Crippen LogP contribution in [0.4, 0.5) is 4.79 Å². The van der Waals surface area contributed by atoms with Gasteiger partial charge in [0.05, 0.1) is 12.5 Å². The Morgan fingerprint density at radius 3 is 2.39 bits per heavy atom. The van der Waals surface area contributed by atoms with E-state index < -0.39 is 11.9 Å². The number of amides is 2. The number of hydrogen-bond donors (Lipinski definition) is 2. The van der Waals surface area contributed by atoms with Crippen LogP contribution in [-0.2, 0) is 9.53 Å². The summed E-state index contributed by atoms with van der Waals surface area (Å²) in [6, 6.07) is -0.202. The van der Waals surface area contributed by atoms with Crippen LogP contribution in [0.3, 0.4) is 0 Å². The van der Waals surface area contributed by atoms with Crippen LogP contribution in [0.15, 0.2) is 0 Å². The van der Waals surface area contributed by atoms with Crippen LogP contribution in [-0.4, -0.2) is 54.9 Å². The summed E-state index contributed by atoms with van der Waals surface area (Å²) in [5, 5.41) is 11.5. The van der Waals surface area contributed by atoms with Crippen molar-refractivity contribution in [3.63, 3.8) is 0 Å². The maximum Gasteiger partial charge on any atom is 0.317 e. The van der Waals surface area contributed by atoms with Gasteiger partial charge in [-0.3, -0.25) is 4.79 Å². The van der Waals surface area contributed by atoms with Gasteiger partial charge in [-0.1, -0.05) is 6.92 Å². The maximum absolute atomic E-state index is 11.9. The number of carbonyl (C=O) groups excluding carboxylic acids is 1. The van der Waals surface area contributed by atoms with E-state index in [4.69, 9.17) is 9.84 Å². The quantitative estimate of drug-likeness (QED) is 0.686. The van der Waals surface area contributed by atoms with Crippen molar-refractivity contribution < 1.29 is 19.4 Å². The van der Waals surface area contributed by atoms with E-state index in [2.05, 4.69) is 5.32 Å². The minimum Gasteiger partial charge on any atom is -0.481 e. The summed E-state index contributed by atoms with van der Waals surface area (Å²) in [6.07, 6.45) is 0.495. The highest BCUT2D eigenvalue weighted by molar-refractivity contribution is 5.76. The molecule has 2 amide bonds. The van der Waals surface area contributed by atoms with E-state index in [-0.39, 0.29) is 18.6 Å². The van der Waals surface area contributed by atoms with Gasteiger partial charge in [0.15, 0.2) is 0 Å². The molecule has 0 radical (unpaired) electrons. The number of hydrogen-bond acceptors (Lipinski definition) is 3. The van der Waals surface area contributed by atoms with E-state index in [0.29, 0.717) is 19.6 Å². The molecule has 0 saturated heterocycles. The van der Waals surface area contributed by atoms with Crippen LogP contribution in [0.1, 0.15) is 27.2 Å². The number of aliphatic carboxylic acids is 1. The molecule has 0 aliphatic rings. The molecule has 2 N–H and O–H groups in total. The lowest BCUT2D eigenvalue weighted by Gasteiger charge is -2.27. The van der Waals surface area contributed by atoms with Crippen LogP contribution in [0.25, 0.3) is 0 Å². The molecule has 0 bridgehead atoms. The third-order valence-corrected chi connectivity index (χ3v) is 2.76. The first-order chi connectivity index (χ1) is 8.43. The molecule has 0 aromatic carbocycles. The van der Waals surface area contributed by atoms with Gasteiger partial charge in [-0.2, -0.15) is 0 Å². The number of methoxy groups -OCH3 is 1. The van der Waals surface area contributed by atoms with Gasteiger partial charge in [-0.15, -0.1) is 0 Å². The average molecular weight is 260 g/mol. The lowest BCUT2D eigenvalue weighted by Crippen LogP contribution is -2.47. The number of nitrogens with zero attached hydrogens (tertiary/aromatic N) is 1. The number of carboxylic acid groups (broad SMARTS) is 1. The van der Waals surface area contributed by atoms with Gasteiger partial charge in [0.25, 0.3) is 0 Å². The average Bonchev–Trinajstić information content (AvgIpc) is 2.29. The minimum atomic E-state index is -0.884. The number of urea groups is 1. The molecule has 1 atom stereocenters. The molecule has 0 aliphatic carbocycles. The Bertz CT molecular complexity index is 269. The summed E-state index contributed by atoms with van der Waals surface area (Å²) in [5.41, 5.74) is 0. The molecule has 0 aliphatic heterocycles. The normalized spacial score (nSPS) is 12.3. The highest BCUT2D eigenvalue weighted by atomic mass is 16.5. The molecule has 0 aromatic heterocycles. The highest BCUT2D eigenvalue weighted by Gasteiger charge is 2.20. The lowest BCUT2D eigenvalue weighted by atomic mass is 10.1. The number of nitrogens with one attached hydrogen (secondary N) is 1. The SMILES string of the molecule is CCC(CNC(=O)N(CCOC)C(C)C)C(=O)O. The molecule has 0 spiro atoms. The summed E-state index contributed by atoms with van der Waals surface area (Å²) in [5.74, 6) is -1.42. The molecule has 0 rings (SSSR count). The Hall–Kier alpha value is -1.30. The Morgan fingerprint density at radius 1 is 1.39 bits per heavy atom. The molecule has 6 nitrogen and oxygen atoms in total. The summed E-state index contributed by atoms with van der Waals surface area (Å²) in [4.78, 5) is 24.4. The Balaban J connectivity index is 4.29. The van der Waals surface area contributed by atoms with Crippen molar-refractivity contribution in [2.45, 2.75) is 33.2 Å². The van der Waals surface area contributed by atoms with Crippen molar-refractivity contribution in [3.8, 4) is 0 Å². The first kappa shape index (κ1) is 16.7. The van der Waals surface area contributed by atoms with Crippen molar-refractivity contribution in [1.82, 2.24) is 10.2 Å². The molecule has 18 heavy (non-hydrogen) atoms. The molecule has 0 fully saturated rings. The zero-order valence-corrected chi connectivity index (χ0v) is 11.6. The number of rotatable bonds is 8. The summed E-state index contributed by atoms with van der Waals surface area (Å²) in [6.45, 7) is 6.70. The minimum absolute atomic E-state index is 0.0463. The number of carboxylic acids is 1. The third kappa shape index (κ3) is 5.86. The topological polar surface area (TPSA) is 78.9 Å². The smallest absolute Gasteiger partial charge is 0.317 e. The molecule has 0 saturated carbocycles. The van der Waals surface area contributed by atoms with Gasteiger partial charge in [-0.25, -0.2) is 4.79 Å². The zero-order chi connectivity index (χ0) is 14.1. The first-order valence-corrected chi connectivity index (χ1v) is 6.20. The molecular formula is C12H24N2O4. The van der Waals surface area contributed by atoms with Gasteiger partial charge in [-0.05, 0) is 20.3 Å². The van der Waals surface area contributed by atoms with E-state index in [1.54, 1.807) is 18.9 Å². The van der Waals surface area contributed by atoms with Gasteiger partial charge >= 0.3 is 12.0 Å². The van der Waals surface area contributed by atoms with Crippen molar-refractivity contribution >= 4 is 12.0 Å². The van der Waals surface area contributed by atoms with E-state index in [1.165, 1.54) is 0 Å².